The number of hydrogen-bond acceptors (Lipinski definition) is 8. The molecular formula is C28H28N6O5S. The Bertz CT molecular complexity index is 1580. The van der Waals surface area contributed by atoms with Gasteiger partial charge < -0.3 is 15.5 Å². The second-order valence-electron chi connectivity index (χ2n) is 10.3. The van der Waals surface area contributed by atoms with Gasteiger partial charge >= 0.3 is 6.03 Å². The van der Waals surface area contributed by atoms with Gasteiger partial charge in [-0.1, -0.05) is 24.3 Å². The first-order chi connectivity index (χ1) is 19.2. The number of amides is 4. The zero-order chi connectivity index (χ0) is 27.9. The highest BCUT2D eigenvalue weighted by Crippen LogP contribution is 2.31. The standard InChI is InChI=1S/C28H28N6O5S/c35-25(21-7-5-19(6-8-21)16-34-13-14-40(38,39)23-4-2-1-3-22(23)34)30-24-17-33(15-20-9-11-29-12-10-20)18-28(24)26(36)31-27(37)32-28/h1-12,24H,13-18H2,(H,30,35)(H2,31,32,36,37)/t24-,28+/m1/s1. The normalized spacial score (nSPS) is 23.5. The molecule has 0 bridgehead atoms. The molecule has 12 heteroatoms. The fraction of sp³-hybridized carbons (Fsp3) is 0.286. The lowest BCUT2D eigenvalue weighted by atomic mass is 9.93. The minimum Gasteiger partial charge on any atom is -0.365 e. The molecule has 3 aromatic rings. The average Bonchev–Trinajstić information content (AvgIpc) is 3.43. The van der Waals surface area contributed by atoms with Gasteiger partial charge in [-0.05, 0) is 47.5 Å². The number of carbonyl (C=O) groups excluding carboxylic acids is 3. The molecule has 0 aliphatic carbocycles. The monoisotopic (exact) mass is 560 g/mol. The smallest absolute Gasteiger partial charge is 0.322 e. The second kappa shape index (κ2) is 10.0. The van der Waals surface area contributed by atoms with E-state index in [-0.39, 0.29) is 18.2 Å². The Balaban J connectivity index is 1.16. The summed E-state index contributed by atoms with van der Waals surface area (Å²) in [5, 5.41) is 8.04. The maximum Gasteiger partial charge on any atom is 0.322 e. The molecule has 3 aliphatic heterocycles. The number of benzene rings is 2. The van der Waals surface area contributed by atoms with E-state index in [1.165, 1.54) is 0 Å². The van der Waals surface area contributed by atoms with Crippen LogP contribution in [0.5, 0.6) is 0 Å². The number of fused-ring (bicyclic) bond motifs is 1. The number of aromatic nitrogens is 1. The molecule has 4 amide bonds. The molecule has 0 saturated carbocycles. The van der Waals surface area contributed by atoms with Crippen molar-refractivity contribution in [3.8, 4) is 0 Å². The lowest BCUT2D eigenvalue weighted by Crippen LogP contribution is -2.62. The Labute approximate surface area is 231 Å². The maximum atomic E-state index is 13.3. The molecular weight excluding hydrogens is 532 g/mol. The van der Waals surface area contributed by atoms with Gasteiger partial charge in [0, 0.05) is 50.7 Å². The fourth-order valence-electron chi connectivity index (χ4n) is 5.67. The van der Waals surface area contributed by atoms with Gasteiger partial charge in [-0.25, -0.2) is 13.2 Å². The van der Waals surface area contributed by atoms with Crippen molar-refractivity contribution in [2.24, 2.45) is 0 Å². The summed E-state index contributed by atoms with van der Waals surface area (Å²) in [7, 11) is -3.29. The summed E-state index contributed by atoms with van der Waals surface area (Å²) < 4.78 is 24.9. The molecule has 4 heterocycles. The zero-order valence-electron chi connectivity index (χ0n) is 21.5. The Hall–Kier alpha value is -4.29. The second-order valence-corrected chi connectivity index (χ2v) is 12.4. The highest BCUT2D eigenvalue weighted by Gasteiger charge is 2.57. The van der Waals surface area contributed by atoms with Crippen molar-refractivity contribution in [2.45, 2.75) is 29.6 Å². The Morgan fingerprint density at radius 2 is 1.73 bits per heavy atom. The summed E-state index contributed by atoms with van der Waals surface area (Å²) in [5.74, 6) is -0.764. The molecule has 0 unspecified atom stereocenters. The molecule has 6 rings (SSSR count). The molecule has 40 heavy (non-hydrogen) atoms. The summed E-state index contributed by atoms with van der Waals surface area (Å²) in [5.41, 5.74) is 1.76. The van der Waals surface area contributed by atoms with Crippen LogP contribution in [-0.2, 0) is 27.7 Å². The zero-order valence-corrected chi connectivity index (χ0v) is 22.4. The first-order valence-electron chi connectivity index (χ1n) is 12.9. The van der Waals surface area contributed by atoms with Crippen LogP contribution in [-0.4, -0.2) is 73.1 Å². The van der Waals surface area contributed by atoms with Crippen LogP contribution in [0.25, 0.3) is 0 Å². The van der Waals surface area contributed by atoms with E-state index in [0.717, 1.165) is 11.1 Å². The predicted molar refractivity (Wildman–Crippen MR) is 146 cm³/mol. The van der Waals surface area contributed by atoms with Crippen LogP contribution in [0.15, 0.2) is 78.0 Å². The highest BCUT2D eigenvalue weighted by atomic mass is 32.2. The van der Waals surface area contributed by atoms with Gasteiger partial charge in [0.15, 0.2) is 15.4 Å². The summed E-state index contributed by atoms with van der Waals surface area (Å²) in [6.07, 6.45) is 3.39. The maximum absolute atomic E-state index is 13.3. The quantitative estimate of drug-likeness (QED) is 0.381. The molecule has 2 fully saturated rings. The number of para-hydroxylation sites is 1. The van der Waals surface area contributed by atoms with Crippen molar-refractivity contribution < 1.29 is 22.8 Å². The largest absolute Gasteiger partial charge is 0.365 e. The summed E-state index contributed by atoms with van der Waals surface area (Å²) in [6, 6.07) is 16.6. The number of nitrogens with zero attached hydrogens (tertiary/aromatic N) is 3. The van der Waals surface area contributed by atoms with Crippen molar-refractivity contribution in [1.82, 2.24) is 25.8 Å². The number of carbonyl (C=O) groups is 3. The minimum atomic E-state index is -3.29. The number of pyridine rings is 1. The van der Waals surface area contributed by atoms with E-state index in [0.29, 0.717) is 42.3 Å². The molecule has 3 aliphatic rings. The molecule has 206 valence electrons. The van der Waals surface area contributed by atoms with E-state index in [9.17, 15) is 22.8 Å². The molecule has 2 saturated heterocycles. The molecule has 1 aromatic heterocycles. The predicted octanol–water partition coefficient (Wildman–Crippen LogP) is 1.07. The Kier molecular flexibility index (Phi) is 6.51. The van der Waals surface area contributed by atoms with Gasteiger partial charge in [-0.2, -0.15) is 0 Å². The molecule has 2 atom stereocenters. The third-order valence-corrected chi connectivity index (χ3v) is 9.43. The SMILES string of the molecule is O=C1NC(=O)[C@@]2(CN(Cc3ccncc3)C[C@H]2NC(=O)c2ccc(CN3CCS(=O)(=O)c4ccccc43)cc2)N1. The minimum absolute atomic E-state index is 0.0515. The first kappa shape index (κ1) is 26.0. The van der Waals surface area contributed by atoms with Gasteiger partial charge in [0.2, 0.25) is 0 Å². The number of likely N-dealkylation sites (tertiary alicyclic amines) is 1. The van der Waals surface area contributed by atoms with Gasteiger partial charge in [-0.3, -0.25) is 24.8 Å². The van der Waals surface area contributed by atoms with E-state index in [1.807, 2.05) is 40.1 Å². The van der Waals surface area contributed by atoms with Crippen LogP contribution in [0.4, 0.5) is 10.5 Å². The first-order valence-corrected chi connectivity index (χ1v) is 14.6. The number of rotatable bonds is 6. The highest BCUT2D eigenvalue weighted by molar-refractivity contribution is 7.91. The van der Waals surface area contributed by atoms with Crippen LogP contribution in [0.1, 0.15) is 21.5 Å². The van der Waals surface area contributed by atoms with E-state index >= 15 is 0 Å². The number of sulfone groups is 1. The molecule has 11 nitrogen and oxygen atoms in total. The van der Waals surface area contributed by atoms with E-state index in [4.69, 9.17) is 0 Å². The number of hydrogen-bond donors (Lipinski definition) is 3. The molecule has 2 aromatic carbocycles. The van der Waals surface area contributed by atoms with Crippen molar-refractivity contribution in [3.05, 3.63) is 89.7 Å². The third kappa shape index (κ3) is 4.80. The Morgan fingerprint density at radius 3 is 2.45 bits per heavy atom. The van der Waals surface area contributed by atoms with E-state index in [1.54, 1.807) is 42.7 Å². The number of nitrogens with one attached hydrogen (secondary N) is 3. The summed E-state index contributed by atoms with van der Waals surface area (Å²) >= 11 is 0. The van der Waals surface area contributed by atoms with Crippen LogP contribution >= 0.6 is 0 Å². The Morgan fingerprint density at radius 1 is 1.00 bits per heavy atom. The van der Waals surface area contributed by atoms with E-state index < -0.39 is 33.4 Å². The van der Waals surface area contributed by atoms with Crippen molar-refractivity contribution >= 4 is 33.4 Å². The molecule has 3 N–H and O–H groups in total. The van der Waals surface area contributed by atoms with Gasteiger partial charge in [-0.15, -0.1) is 0 Å². The van der Waals surface area contributed by atoms with Crippen LogP contribution in [0.3, 0.4) is 0 Å². The van der Waals surface area contributed by atoms with Crippen LogP contribution < -0.4 is 20.9 Å². The summed E-state index contributed by atoms with van der Waals surface area (Å²) in [4.78, 5) is 46.6. The van der Waals surface area contributed by atoms with Crippen molar-refractivity contribution in [2.75, 3.05) is 30.3 Å². The van der Waals surface area contributed by atoms with Gasteiger partial charge in [0.1, 0.15) is 0 Å². The third-order valence-electron chi connectivity index (χ3n) is 7.70. The number of anilines is 1. The number of imide groups is 1. The lowest BCUT2D eigenvalue weighted by molar-refractivity contribution is -0.124. The van der Waals surface area contributed by atoms with Gasteiger partial charge in [0.25, 0.3) is 11.8 Å². The lowest BCUT2D eigenvalue weighted by Gasteiger charge is -2.31. The van der Waals surface area contributed by atoms with Gasteiger partial charge in [0.05, 0.1) is 22.4 Å². The van der Waals surface area contributed by atoms with Crippen molar-refractivity contribution in [1.29, 1.82) is 0 Å². The van der Waals surface area contributed by atoms with E-state index in [2.05, 4.69) is 20.9 Å². The average molecular weight is 561 g/mol. The van der Waals surface area contributed by atoms with Crippen molar-refractivity contribution in [3.63, 3.8) is 0 Å². The topological polar surface area (TPSA) is 141 Å². The molecule has 1 spiro atoms. The number of urea groups is 1. The van der Waals surface area contributed by atoms with Crippen LogP contribution in [0, 0.1) is 0 Å². The molecule has 0 radical (unpaired) electrons. The summed E-state index contributed by atoms with van der Waals surface area (Å²) in [6.45, 7) is 2.04. The fourth-order valence-corrected chi connectivity index (χ4v) is 7.15. The van der Waals surface area contributed by atoms with Crippen LogP contribution in [0.2, 0.25) is 0 Å².